The van der Waals surface area contributed by atoms with Crippen molar-refractivity contribution in [2.24, 2.45) is 7.05 Å². The summed E-state index contributed by atoms with van der Waals surface area (Å²) >= 11 is 1.37. The number of hydrogen-bond donors (Lipinski definition) is 1. The van der Waals surface area contributed by atoms with E-state index < -0.39 is 0 Å². The Morgan fingerprint density at radius 2 is 1.88 bits per heavy atom. The van der Waals surface area contributed by atoms with Crippen molar-refractivity contribution in [3.8, 4) is 0 Å². The summed E-state index contributed by atoms with van der Waals surface area (Å²) in [6.45, 7) is 3.98. The number of thioether (sulfide) groups is 1. The van der Waals surface area contributed by atoms with E-state index in [0.717, 1.165) is 35.9 Å². The molecule has 0 aliphatic carbocycles. The van der Waals surface area contributed by atoms with Crippen LogP contribution in [0.3, 0.4) is 0 Å². The zero-order chi connectivity index (χ0) is 18.2. The smallest absolute Gasteiger partial charge is 0.224 e. The molecule has 7 heteroatoms. The Kier molecular flexibility index (Phi) is 7.18. The summed E-state index contributed by atoms with van der Waals surface area (Å²) in [5, 5.41) is 11.6. The number of nitrogens with one attached hydrogen (secondary N) is 1. The Morgan fingerprint density at radius 1 is 1.16 bits per heavy atom. The molecule has 1 N–H and O–H groups in total. The van der Waals surface area contributed by atoms with E-state index in [-0.39, 0.29) is 11.7 Å². The summed E-state index contributed by atoms with van der Waals surface area (Å²) in [5.41, 5.74) is 1.34. The fourth-order valence-electron chi connectivity index (χ4n) is 2.23. The number of Topliss-reactive ketones (excluding diaryl/α,β-unsaturated/α-hetero) is 1. The zero-order valence-electron chi connectivity index (χ0n) is 14.9. The largest absolute Gasteiger partial charge is 0.326 e. The van der Waals surface area contributed by atoms with Gasteiger partial charge >= 0.3 is 0 Å². The predicted molar refractivity (Wildman–Crippen MR) is 100 cm³/mol. The molecule has 0 spiro atoms. The summed E-state index contributed by atoms with van der Waals surface area (Å²) in [4.78, 5) is 24.1. The number of benzene rings is 1. The van der Waals surface area contributed by atoms with E-state index in [9.17, 15) is 9.59 Å². The van der Waals surface area contributed by atoms with Gasteiger partial charge in [-0.25, -0.2) is 0 Å². The van der Waals surface area contributed by atoms with Crippen molar-refractivity contribution in [2.75, 3.05) is 11.1 Å². The Labute approximate surface area is 152 Å². The highest BCUT2D eigenvalue weighted by Crippen LogP contribution is 2.18. The highest BCUT2D eigenvalue weighted by Gasteiger charge is 2.11. The summed E-state index contributed by atoms with van der Waals surface area (Å²) in [7, 11) is 1.88. The van der Waals surface area contributed by atoms with E-state index in [1.807, 2.05) is 18.5 Å². The molecule has 0 saturated heterocycles. The summed E-state index contributed by atoms with van der Waals surface area (Å²) in [5.74, 6) is 1.15. The molecule has 0 aliphatic heterocycles. The molecule has 1 heterocycles. The van der Waals surface area contributed by atoms with Gasteiger partial charge in [0.2, 0.25) is 5.91 Å². The molecule has 0 saturated carbocycles. The third-order valence-corrected chi connectivity index (χ3v) is 4.90. The van der Waals surface area contributed by atoms with Gasteiger partial charge in [-0.05, 0) is 37.6 Å². The lowest BCUT2D eigenvalue weighted by molar-refractivity contribution is -0.116. The van der Waals surface area contributed by atoms with Gasteiger partial charge in [-0.3, -0.25) is 9.59 Å². The van der Waals surface area contributed by atoms with Crippen molar-refractivity contribution in [1.29, 1.82) is 0 Å². The van der Waals surface area contributed by atoms with Crippen molar-refractivity contribution in [3.63, 3.8) is 0 Å². The Balaban J connectivity index is 1.85. The van der Waals surface area contributed by atoms with Crippen molar-refractivity contribution < 1.29 is 9.59 Å². The first-order chi connectivity index (χ1) is 12.0. The first-order valence-electron chi connectivity index (χ1n) is 8.43. The van der Waals surface area contributed by atoms with Crippen molar-refractivity contribution in [1.82, 2.24) is 14.8 Å². The molecule has 0 radical (unpaired) electrons. The minimum absolute atomic E-state index is 0.0146. The number of nitrogens with zero attached hydrogens (tertiary/aromatic N) is 3. The number of aryl methyl sites for hydroxylation is 1. The molecule has 0 atom stereocenters. The maximum absolute atomic E-state index is 12.3. The molecule has 1 amide bonds. The molecule has 1 aromatic heterocycles. The Hall–Kier alpha value is -2.15. The monoisotopic (exact) mass is 360 g/mol. The van der Waals surface area contributed by atoms with Gasteiger partial charge in [-0.15, -0.1) is 10.2 Å². The fourth-order valence-corrected chi connectivity index (χ4v) is 3.08. The van der Waals surface area contributed by atoms with Crippen LogP contribution < -0.4 is 5.32 Å². The van der Waals surface area contributed by atoms with Crippen LogP contribution >= 0.6 is 11.8 Å². The fraction of sp³-hybridized carbons (Fsp3) is 0.444. The summed E-state index contributed by atoms with van der Waals surface area (Å²) in [6.07, 6.45) is 3.58. The van der Waals surface area contributed by atoms with Gasteiger partial charge in [0.05, 0.1) is 5.75 Å². The molecular weight excluding hydrogens is 336 g/mol. The number of amides is 1. The van der Waals surface area contributed by atoms with Crippen LogP contribution in [0.2, 0.25) is 0 Å². The van der Waals surface area contributed by atoms with Gasteiger partial charge in [0, 0.05) is 24.7 Å². The normalized spacial score (nSPS) is 10.7. The predicted octanol–water partition coefficient (Wildman–Crippen LogP) is 3.62. The van der Waals surface area contributed by atoms with Crippen LogP contribution in [0.25, 0.3) is 0 Å². The van der Waals surface area contributed by atoms with Gasteiger partial charge in [0.1, 0.15) is 5.82 Å². The topological polar surface area (TPSA) is 76.9 Å². The number of anilines is 1. The van der Waals surface area contributed by atoms with Crippen LogP contribution in [-0.2, 0) is 11.8 Å². The number of hydrogen-bond acceptors (Lipinski definition) is 5. The Morgan fingerprint density at radius 3 is 2.48 bits per heavy atom. The third-order valence-electron chi connectivity index (χ3n) is 3.88. The quantitative estimate of drug-likeness (QED) is 0.420. The highest BCUT2D eigenvalue weighted by molar-refractivity contribution is 7.99. The molecule has 1 aromatic carbocycles. The van der Waals surface area contributed by atoms with Crippen molar-refractivity contribution in [3.05, 3.63) is 35.7 Å². The molecule has 0 bridgehead atoms. The van der Waals surface area contributed by atoms with Crippen LogP contribution in [0, 0.1) is 6.92 Å². The SMILES string of the molecule is CCCCCC(=O)Nc1ccc(C(=O)CSc2nnc(C)n2C)cc1. The lowest BCUT2D eigenvalue weighted by Crippen LogP contribution is -2.11. The van der Waals surface area contributed by atoms with E-state index in [2.05, 4.69) is 22.4 Å². The highest BCUT2D eigenvalue weighted by atomic mass is 32.2. The Bertz CT molecular complexity index is 725. The first-order valence-corrected chi connectivity index (χ1v) is 9.41. The number of carbonyl (C=O) groups excluding carboxylic acids is 2. The second kappa shape index (κ2) is 9.36. The lowest BCUT2D eigenvalue weighted by Gasteiger charge is -2.06. The average Bonchev–Trinajstić information content (AvgIpc) is 2.92. The van der Waals surface area contributed by atoms with Crippen LogP contribution in [0.15, 0.2) is 29.4 Å². The van der Waals surface area contributed by atoms with E-state index in [0.29, 0.717) is 17.7 Å². The maximum atomic E-state index is 12.3. The molecule has 134 valence electrons. The van der Waals surface area contributed by atoms with Gasteiger partial charge in [0.25, 0.3) is 0 Å². The molecule has 25 heavy (non-hydrogen) atoms. The average molecular weight is 360 g/mol. The van der Waals surface area contributed by atoms with E-state index in [1.165, 1.54) is 11.8 Å². The summed E-state index contributed by atoms with van der Waals surface area (Å²) < 4.78 is 1.86. The number of unbranched alkanes of at least 4 members (excludes halogenated alkanes) is 2. The van der Waals surface area contributed by atoms with Crippen LogP contribution in [0.5, 0.6) is 0 Å². The standard InChI is InChI=1S/C18H24N4O2S/c1-4-5-6-7-17(24)19-15-10-8-14(9-11-15)16(23)12-25-18-21-20-13(2)22(18)3/h8-11H,4-7,12H2,1-3H3,(H,19,24). The van der Waals surface area contributed by atoms with E-state index in [1.54, 1.807) is 24.3 Å². The van der Waals surface area contributed by atoms with Gasteiger partial charge in [0.15, 0.2) is 10.9 Å². The molecule has 0 fully saturated rings. The van der Waals surface area contributed by atoms with Crippen molar-refractivity contribution in [2.45, 2.75) is 44.7 Å². The lowest BCUT2D eigenvalue weighted by atomic mass is 10.1. The summed E-state index contributed by atoms with van der Waals surface area (Å²) in [6, 6.07) is 7.02. The van der Waals surface area contributed by atoms with Crippen LogP contribution in [-0.4, -0.2) is 32.2 Å². The maximum Gasteiger partial charge on any atom is 0.224 e. The zero-order valence-corrected chi connectivity index (χ0v) is 15.7. The van der Waals surface area contributed by atoms with E-state index in [4.69, 9.17) is 0 Å². The second-order valence-corrected chi connectivity index (χ2v) is 6.83. The molecule has 0 unspecified atom stereocenters. The van der Waals surface area contributed by atoms with E-state index >= 15 is 0 Å². The molecule has 2 aromatic rings. The third kappa shape index (κ3) is 5.70. The molecule has 2 rings (SSSR count). The minimum atomic E-state index is 0.0146. The van der Waals surface area contributed by atoms with Gasteiger partial charge < -0.3 is 9.88 Å². The first kappa shape index (κ1) is 19.2. The molecular formula is C18H24N4O2S. The second-order valence-electron chi connectivity index (χ2n) is 5.88. The van der Waals surface area contributed by atoms with Crippen LogP contribution in [0.4, 0.5) is 5.69 Å². The number of carbonyl (C=O) groups is 2. The number of ketones is 1. The number of rotatable bonds is 9. The molecule has 0 aliphatic rings. The van der Waals surface area contributed by atoms with Crippen molar-refractivity contribution >= 4 is 29.1 Å². The minimum Gasteiger partial charge on any atom is -0.326 e. The van der Waals surface area contributed by atoms with Gasteiger partial charge in [-0.2, -0.15) is 0 Å². The van der Waals surface area contributed by atoms with Gasteiger partial charge in [-0.1, -0.05) is 31.5 Å². The molecule has 6 nitrogen and oxygen atoms in total. The van der Waals surface area contributed by atoms with Crippen LogP contribution in [0.1, 0.15) is 48.8 Å². The number of aromatic nitrogens is 3.